The number of fused-ring (bicyclic) bond motifs is 2. The van der Waals surface area contributed by atoms with Gasteiger partial charge in [0.25, 0.3) is 0 Å². The molecule has 2 bridgehead atoms. The van der Waals surface area contributed by atoms with Gasteiger partial charge in [-0.2, -0.15) is 0 Å². The van der Waals surface area contributed by atoms with Gasteiger partial charge in [0, 0.05) is 18.3 Å². The van der Waals surface area contributed by atoms with Crippen LogP contribution in [0.25, 0.3) is 0 Å². The van der Waals surface area contributed by atoms with Crippen molar-refractivity contribution in [3.05, 3.63) is 0 Å². The Balaban J connectivity index is 1.87. The summed E-state index contributed by atoms with van der Waals surface area (Å²) in [5.74, 6) is -0.0320. The van der Waals surface area contributed by atoms with Gasteiger partial charge in [-0.15, -0.1) is 0 Å². The van der Waals surface area contributed by atoms with Crippen molar-refractivity contribution in [2.24, 2.45) is 17.8 Å². The van der Waals surface area contributed by atoms with Gasteiger partial charge in [-0.3, -0.25) is 4.79 Å². The minimum absolute atomic E-state index is 0.0342. The van der Waals surface area contributed by atoms with Crippen LogP contribution in [-0.4, -0.2) is 43.6 Å². The molecule has 2 rings (SSSR count). The quantitative estimate of drug-likeness (QED) is 0.727. The number of hydrogen-bond acceptors (Lipinski definition) is 4. The molecule has 0 aromatic heterocycles. The molecule has 4 unspecified atom stereocenters. The lowest BCUT2D eigenvalue weighted by atomic mass is 9.84. The highest BCUT2D eigenvalue weighted by atomic mass is 32.2. The zero-order valence-corrected chi connectivity index (χ0v) is 12.2. The molecule has 0 heterocycles. The molecule has 2 aliphatic carbocycles. The van der Waals surface area contributed by atoms with Crippen molar-refractivity contribution in [1.29, 1.82) is 0 Å². The average molecular weight is 289 g/mol. The van der Waals surface area contributed by atoms with Crippen molar-refractivity contribution in [2.75, 3.05) is 18.1 Å². The van der Waals surface area contributed by atoms with Crippen LogP contribution in [0.2, 0.25) is 0 Å². The number of carboxylic acids is 1. The van der Waals surface area contributed by atoms with E-state index in [2.05, 4.69) is 5.32 Å². The Labute approximate surface area is 114 Å². The van der Waals surface area contributed by atoms with Crippen LogP contribution in [0.3, 0.4) is 0 Å². The Bertz CT molecular complexity index is 434. The van der Waals surface area contributed by atoms with Crippen LogP contribution >= 0.6 is 0 Å². The van der Waals surface area contributed by atoms with Crippen molar-refractivity contribution in [1.82, 2.24) is 5.32 Å². The van der Waals surface area contributed by atoms with Crippen LogP contribution in [0.5, 0.6) is 0 Å². The van der Waals surface area contributed by atoms with E-state index in [0.717, 1.165) is 19.3 Å². The number of rotatable bonds is 7. The van der Waals surface area contributed by atoms with Gasteiger partial charge in [0.15, 0.2) is 9.84 Å². The van der Waals surface area contributed by atoms with Gasteiger partial charge in [0.2, 0.25) is 0 Å². The second kappa shape index (κ2) is 5.79. The van der Waals surface area contributed by atoms with Crippen LogP contribution in [0.1, 0.15) is 32.6 Å². The first-order chi connectivity index (χ1) is 8.94. The molecule has 0 radical (unpaired) electrons. The maximum absolute atomic E-state index is 11.6. The summed E-state index contributed by atoms with van der Waals surface area (Å²) in [6, 6.07) is -0.0342. The topological polar surface area (TPSA) is 83.5 Å². The molecule has 110 valence electrons. The van der Waals surface area contributed by atoms with E-state index < -0.39 is 15.8 Å². The Morgan fingerprint density at radius 3 is 2.58 bits per heavy atom. The van der Waals surface area contributed by atoms with Gasteiger partial charge in [0.05, 0.1) is 11.7 Å². The maximum atomic E-state index is 11.6. The highest BCUT2D eigenvalue weighted by molar-refractivity contribution is 7.91. The summed E-state index contributed by atoms with van der Waals surface area (Å²) in [7, 11) is -2.98. The number of hydrogen-bond donors (Lipinski definition) is 2. The molecule has 6 heteroatoms. The molecule has 2 saturated carbocycles. The van der Waals surface area contributed by atoms with E-state index in [1.54, 1.807) is 0 Å². The van der Waals surface area contributed by atoms with E-state index >= 15 is 0 Å². The lowest BCUT2D eigenvalue weighted by Crippen LogP contribution is -2.45. The summed E-state index contributed by atoms with van der Waals surface area (Å²) in [4.78, 5) is 11.3. The van der Waals surface area contributed by atoms with Crippen LogP contribution in [-0.2, 0) is 14.6 Å². The zero-order valence-electron chi connectivity index (χ0n) is 11.3. The third-order valence-electron chi connectivity index (χ3n) is 4.51. The van der Waals surface area contributed by atoms with Crippen molar-refractivity contribution in [3.8, 4) is 0 Å². The highest BCUT2D eigenvalue weighted by Crippen LogP contribution is 2.48. The van der Waals surface area contributed by atoms with Gasteiger partial charge in [-0.05, 0) is 37.5 Å². The number of carbonyl (C=O) groups is 1. The summed E-state index contributed by atoms with van der Waals surface area (Å²) < 4.78 is 23.2. The summed E-state index contributed by atoms with van der Waals surface area (Å²) >= 11 is 0. The predicted octanol–water partition coefficient (Wildman–Crippen LogP) is 0.900. The highest BCUT2D eigenvalue weighted by Gasteiger charge is 2.50. The molecule has 2 aliphatic rings. The van der Waals surface area contributed by atoms with Crippen molar-refractivity contribution < 1.29 is 18.3 Å². The van der Waals surface area contributed by atoms with Crippen LogP contribution < -0.4 is 5.32 Å². The number of aliphatic carboxylic acids is 1. The van der Waals surface area contributed by atoms with Gasteiger partial charge in [-0.25, -0.2) is 8.42 Å². The SMILES string of the molecule is CCCS(=O)(=O)CCNC1C2CCC(C2)C1C(=O)O. The lowest BCUT2D eigenvalue weighted by molar-refractivity contribution is -0.144. The Kier molecular flexibility index (Phi) is 4.50. The Morgan fingerprint density at radius 1 is 1.26 bits per heavy atom. The third-order valence-corrected chi connectivity index (χ3v) is 6.37. The first kappa shape index (κ1) is 14.8. The largest absolute Gasteiger partial charge is 0.481 e. The number of carboxylic acid groups (broad SMARTS) is 1. The summed E-state index contributed by atoms with van der Waals surface area (Å²) in [6.07, 6.45) is 3.70. The van der Waals surface area contributed by atoms with E-state index in [0.29, 0.717) is 18.9 Å². The van der Waals surface area contributed by atoms with E-state index in [4.69, 9.17) is 0 Å². The normalized spacial score (nSPS) is 33.7. The molecular weight excluding hydrogens is 266 g/mol. The van der Waals surface area contributed by atoms with Crippen LogP contribution in [0.4, 0.5) is 0 Å². The third kappa shape index (κ3) is 3.28. The average Bonchev–Trinajstić information content (AvgIpc) is 2.88. The second-order valence-electron chi connectivity index (χ2n) is 5.83. The van der Waals surface area contributed by atoms with Gasteiger partial charge >= 0.3 is 5.97 Å². The monoisotopic (exact) mass is 289 g/mol. The number of nitrogens with one attached hydrogen (secondary N) is 1. The minimum Gasteiger partial charge on any atom is -0.481 e. The minimum atomic E-state index is -2.98. The standard InChI is InChI=1S/C13H23NO4S/c1-2-6-19(17,18)7-5-14-12-10-4-3-9(8-10)11(12)13(15)16/h9-12,14H,2-8H2,1H3,(H,15,16). The van der Waals surface area contributed by atoms with Gasteiger partial charge < -0.3 is 10.4 Å². The van der Waals surface area contributed by atoms with Gasteiger partial charge in [-0.1, -0.05) is 6.92 Å². The molecule has 5 nitrogen and oxygen atoms in total. The van der Waals surface area contributed by atoms with Crippen LogP contribution in [0.15, 0.2) is 0 Å². The first-order valence-corrected chi connectivity index (χ1v) is 8.93. The van der Waals surface area contributed by atoms with Crippen molar-refractivity contribution >= 4 is 15.8 Å². The smallest absolute Gasteiger partial charge is 0.308 e. The Morgan fingerprint density at radius 2 is 1.95 bits per heavy atom. The molecule has 0 aromatic carbocycles. The fourth-order valence-electron chi connectivity index (χ4n) is 3.73. The zero-order chi connectivity index (χ0) is 14.0. The summed E-state index contributed by atoms with van der Waals surface area (Å²) in [6.45, 7) is 2.22. The molecule has 0 aliphatic heterocycles. The maximum Gasteiger partial charge on any atom is 0.308 e. The molecule has 0 spiro atoms. The van der Waals surface area contributed by atoms with Crippen molar-refractivity contribution in [3.63, 3.8) is 0 Å². The number of sulfone groups is 1. The van der Waals surface area contributed by atoms with E-state index in [-0.39, 0.29) is 29.4 Å². The van der Waals surface area contributed by atoms with Gasteiger partial charge in [0.1, 0.15) is 0 Å². The molecular formula is C13H23NO4S. The fourth-order valence-corrected chi connectivity index (χ4v) is 4.99. The van der Waals surface area contributed by atoms with E-state index in [9.17, 15) is 18.3 Å². The Hall–Kier alpha value is -0.620. The molecule has 2 N–H and O–H groups in total. The van der Waals surface area contributed by atoms with Crippen LogP contribution in [0, 0.1) is 17.8 Å². The molecule has 0 amide bonds. The molecule has 0 saturated heterocycles. The lowest BCUT2D eigenvalue weighted by Gasteiger charge is -2.29. The summed E-state index contributed by atoms with van der Waals surface area (Å²) in [5, 5.41) is 12.5. The molecule has 19 heavy (non-hydrogen) atoms. The van der Waals surface area contributed by atoms with E-state index in [1.807, 2.05) is 6.92 Å². The fraction of sp³-hybridized carbons (Fsp3) is 0.923. The summed E-state index contributed by atoms with van der Waals surface area (Å²) in [5.41, 5.74) is 0. The second-order valence-corrected chi connectivity index (χ2v) is 8.13. The first-order valence-electron chi connectivity index (χ1n) is 7.11. The van der Waals surface area contributed by atoms with Crippen molar-refractivity contribution in [2.45, 2.75) is 38.6 Å². The molecule has 4 atom stereocenters. The van der Waals surface area contributed by atoms with E-state index in [1.165, 1.54) is 0 Å². The molecule has 0 aromatic rings. The molecule has 2 fully saturated rings. The predicted molar refractivity (Wildman–Crippen MR) is 72.7 cm³/mol.